The van der Waals surface area contributed by atoms with E-state index >= 15 is 0 Å². The van der Waals surface area contributed by atoms with E-state index < -0.39 is 0 Å². The van der Waals surface area contributed by atoms with E-state index in [-0.39, 0.29) is 5.82 Å². The van der Waals surface area contributed by atoms with Crippen LogP contribution in [-0.4, -0.2) is 35.6 Å². The number of anilines is 1. The van der Waals surface area contributed by atoms with Gasteiger partial charge in [0.25, 0.3) is 0 Å². The summed E-state index contributed by atoms with van der Waals surface area (Å²) < 4.78 is 14.2. The van der Waals surface area contributed by atoms with Gasteiger partial charge in [-0.05, 0) is 12.8 Å². The Hall–Kier alpha value is -1.23. The first-order valence-corrected chi connectivity index (χ1v) is 6.24. The minimum atomic E-state index is -0.254. The summed E-state index contributed by atoms with van der Waals surface area (Å²) >= 11 is 0. The first-order chi connectivity index (χ1) is 8.27. The lowest BCUT2D eigenvalue weighted by atomic mass is 10.1. The highest BCUT2D eigenvalue weighted by Crippen LogP contribution is 2.22. The lowest BCUT2D eigenvalue weighted by molar-refractivity contribution is 0.404. The van der Waals surface area contributed by atoms with Gasteiger partial charge in [-0.25, -0.2) is 14.4 Å². The predicted molar refractivity (Wildman–Crippen MR) is 65.7 cm³/mol. The van der Waals surface area contributed by atoms with Crippen LogP contribution in [0.1, 0.15) is 26.0 Å². The fraction of sp³-hybridized carbons (Fsp3) is 0.667. The second kappa shape index (κ2) is 5.40. The van der Waals surface area contributed by atoms with Crippen LogP contribution in [0.15, 0.2) is 6.33 Å². The Labute approximate surface area is 101 Å². The summed E-state index contributed by atoms with van der Waals surface area (Å²) in [5, 5.41) is 3.21. The normalized spacial score (nSPS) is 15.7. The highest BCUT2D eigenvalue weighted by Gasteiger charge is 2.27. The van der Waals surface area contributed by atoms with Crippen molar-refractivity contribution in [1.29, 1.82) is 0 Å². The lowest BCUT2D eigenvalue weighted by Crippen LogP contribution is -2.58. The summed E-state index contributed by atoms with van der Waals surface area (Å²) in [5.74, 6) is 0.209. The number of hydrogen-bond donors (Lipinski definition) is 1. The van der Waals surface area contributed by atoms with Crippen LogP contribution < -0.4 is 10.2 Å². The standard InChI is InChI=1S/C12H19FN4/c1-3-5-17(9-6-14-7-9)12-11(13)10(4-2)15-8-16-12/h8-9,14H,3-7H2,1-2H3. The molecule has 94 valence electrons. The molecule has 2 rings (SSSR count). The second-order valence-corrected chi connectivity index (χ2v) is 4.32. The Morgan fingerprint density at radius 1 is 1.41 bits per heavy atom. The summed E-state index contributed by atoms with van der Waals surface area (Å²) in [6.07, 6.45) is 3.05. The molecule has 1 aliphatic rings. The van der Waals surface area contributed by atoms with Gasteiger partial charge in [-0.15, -0.1) is 0 Å². The number of rotatable bonds is 5. The molecule has 5 heteroatoms. The van der Waals surface area contributed by atoms with Gasteiger partial charge >= 0.3 is 0 Å². The summed E-state index contributed by atoms with van der Waals surface area (Å²) in [4.78, 5) is 10.2. The van der Waals surface area contributed by atoms with E-state index in [9.17, 15) is 4.39 Å². The van der Waals surface area contributed by atoms with Crippen LogP contribution in [0.4, 0.5) is 10.2 Å². The van der Waals surface area contributed by atoms with Crippen LogP contribution in [0.5, 0.6) is 0 Å². The maximum Gasteiger partial charge on any atom is 0.187 e. The molecule has 0 spiro atoms. The summed E-state index contributed by atoms with van der Waals surface area (Å²) in [5.41, 5.74) is 0.503. The second-order valence-electron chi connectivity index (χ2n) is 4.32. The van der Waals surface area contributed by atoms with Crippen molar-refractivity contribution in [2.75, 3.05) is 24.5 Å². The van der Waals surface area contributed by atoms with E-state index in [1.165, 1.54) is 6.33 Å². The molecule has 1 N–H and O–H groups in total. The van der Waals surface area contributed by atoms with E-state index in [4.69, 9.17) is 0 Å². The summed E-state index contributed by atoms with van der Waals surface area (Å²) in [6, 6.07) is 0.365. The third kappa shape index (κ3) is 2.39. The molecular weight excluding hydrogens is 219 g/mol. The molecule has 0 aliphatic carbocycles. The van der Waals surface area contributed by atoms with Crippen LogP contribution in [0, 0.1) is 5.82 Å². The Balaban J connectivity index is 2.28. The van der Waals surface area contributed by atoms with E-state index in [1.807, 2.05) is 6.92 Å². The van der Waals surface area contributed by atoms with Gasteiger partial charge in [-0.2, -0.15) is 0 Å². The van der Waals surface area contributed by atoms with Crippen molar-refractivity contribution in [3.8, 4) is 0 Å². The van der Waals surface area contributed by atoms with Gasteiger partial charge in [0.15, 0.2) is 11.6 Å². The maximum atomic E-state index is 14.2. The molecule has 0 bridgehead atoms. The lowest BCUT2D eigenvalue weighted by Gasteiger charge is -2.39. The van der Waals surface area contributed by atoms with Gasteiger partial charge < -0.3 is 10.2 Å². The van der Waals surface area contributed by atoms with E-state index in [0.29, 0.717) is 24.0 Å². The Morgan fingerprint density at radius 2 is 2.18 bits per heavy atom. The van der Waals surface area contributed by atoms with Crippen molar-refractivity contribution in [2.24, 2.45) is 0 Å². The van der Waals surface area contributed by atoms with Crippen molar-refractivity contribution in [2.45, 2.75) is 32.7 Å². The molecule has 0 amide bonds. The fourth-order valence-corrected chi connectivity index (χ4v) is 2.04. The Morgan fingerprint density at radius 3 is 2.71 bits per heavy atom. The smallest absolute Gasteiger partial charge is 0.187 e. The molecule has 0 atom stereocenters. The van der Waals surface area contributed by atoms with Crippen molar-refractivity contribution in [3.05, 3.63) is 17.8 Å². The molecule has 0 saturated carbocycles. The Bertz CT molecular complexity index is 379. The zero-order valence-corrected chi connectivity index (χ0v) is 10.4. The maximum absolute atomic E-state index is 14.2. The van der Waals surface area contributed by atoms with Crippen molar-refractivity contribution < 1.29 is 4.39 Å². The van der Waals surface area contributed by atoms with Crippen molar-refractivity contribution in [1.82, 2.24) is 15.3 Å². The van der Waals surface area contributed by atoms with Gasteiger partial charge in [0.05, 0.1) is 11.7 Å². The fourth-order valence-electron chi connectivity index (χ4n) is 2.04. The van der Waals surface area contributed by atoms with Crippen LogP contribution >= 0.6 is 0 Å². The molecule has 1 saturated heterocycles. The average Bonchev–Trinajstić information content (AvgIpc) is 2.26. The molecule has 1 aromatic rings. The third-order valence-corrected chi connectivity index (χ3v) is 3.12. The predicted octanol–water partition coefficient (Wildman–Crippen LogP) is 1.37. The Kier molecular flexibility index (Phi) is 3.89. The van der Waals surface area contributed by atoms with Crippen LogP contribution in [0.3, 0.4) is 0 Å². The zero-order valence-electron chi connectivity index (χ0n) is 10.4. The van der Waals surface area contributed by atoms with E-state index in [2.05, 4.69) is 27.1 Å². The topological polar surface area (TPSA) is 41.1 Å². The van der Waals surface area contributed by atoms with Crippen LogP contribution in [0.2, 0.25) is 0 Å². The van der Waals surface area contributed by atoms with E-state index in [0.717, 1.165) is 26.1 Å². The molecule has 1 aromatic heterocycles. The van der Waals surface area contributed by atoms with Crippen LogP contribution in [-0.2, 0) is 6.42 Å². The van der Waals surface area contributed by atoms with Gasteiger partial charge in [0, 0.05) is 19.6 Å². The number of nitrogens with one attached hydrogen (secondary N) is 1. The molecule has 17 heavy (non-hydrogen) atoms. The number of nitrogens with zero attached hydrogens (tertiary/aromatic N) is 3. The number of hydrogen-bond acceptors (Lipinski definition) is 4. The minimum absolute atomic E-state index is 0.254. The molecule has 2 heterocycles. The molecule has 1 aliphatic heterocycles. The highest BCUT2D eigenvalue weighted by molar-refractivity contribution is 5.43. The SMILES string of the molecule is CCCN(c1ncnc(CC)c1F)C1CNC1. The molecule has 0 aromatic carbocycles. The zero-order chi connectivity index (χ0) is 12.3. The van der Waals surface area contributed by atoms with Gasteiger partial charge in [0.2, 0.25) is 0 Å². The largest absolute Gasteiger partial charge is 0.349 e. The van der Waals surface area contributed by atoms with Gasteiger partial charge in [-0.1, -0.05) is 13.8 Å². The summed E-state index contributed by atoms with van der Waals surface area (Å²) in [7, 11) is 0. The van der Waals surface area contributed by atoms with E-state index in [1.54, 1.807) is 0 Å². The molecule has 4 nitrogen and oxygen atoms in total. The average molecular weight is 238 g/mol. The number of aryl methyl sites for hydroxylation is 1. The van der Waals surface area contributed by atoms with Crippen molar-refractivity contribution >= 4 is 5.82 Å². The first-order valence-electron chi connectivity index (χ1n) is 6.24. The highest BCUT2D eigenvalue weighted by atomic mass is 19.1. The molecule has 0 radical (unpaired) electrons. The molecule has 0 unspecified atom stereocenters. The molecule has 1 fully saturated rings. The minimum Gasteiger partial charge on any atom is -0.349 e. The third-order valence-electron chi connectivity index (χ3n) is 3.12. The quantitative estimate of drug-likeness (QED) is 0.841. The monoisotopic (exact) mass is 238 g/mol. The molecular formula is C12H19FN4. The number of aromatic nitrogens is 2. The summed E-state index contributed by atoms with van der Waals surface area (Å²) in [6.45, 7) is 6.66. The first kappa shape index (κ1) is 12.2. The van der Waals surface area contributed by atoms with Gasteiger partial charge in [0.1, 0.15) is 6.33 Å². The van der Waals surface area contributed by atoms with Gasteiger partial charge in [-0.3, -0.25) is 0 Å². The number of halogens is 1. The van der Waals surface area contributed by atoms with Crippen molar-refractivity contribution in [3.63, 3.8) is 0 Å². The van der Waals surface area contributed by atoms with Crippen LogP contribution in [0.25, 0.3) is 0 Å².